The largest absolute Gasteiger partial charge is 0.338 e. The smallest absolute Gasteiger partial charge is 0.225 e. The molecular formula is C21H39N3. The van der Waals surface area contributed by atoms with Crippen LogP contribution in [0.4, 0.5) is 5.95 Å². The van der Waals surface area contributed by atoms with Crippen LogP contribution in [0, 0.1) is 5.41 Å². The van der Waals surface area contributed by atoms with E-state index in [1.807, 2.05) is 12.3 Å². The first-order valence-corrected chi connectivity index (χ1v) is 9.99. The van der Waals surface area contributed by atoms with Gasteiger partial charge >= 0.3 is 0 Å². The maximum atomic E-state index is 4.84. The number of hydrogen-bond acceptors (Lipinski definition) is 3. The molecule has 3 heteroatoms. The van der Waals surface area contributed by atoms with E-state index in [2.05, 4.69) is 51.4 Å². The van der Waals surface area contributed by atoms with Crippen LogP contribution >= 0.6 is 0 Å². The molecule has 0 aliphatic heterocycles. The van der Waals surface area contributed by atoms with Crippen LogP contribution in [0.25, 0.3) is 0 Å². The fourth-order valence-electron chi connectivity index (χ4n) is 2.96. The Kier molecular flexibility index (Phi) is 9.31. The number of nitrogens with zero attached hydrogens (tertiary/aromatic N) is 3. The molecule has 0 aromatic carbocycles. The molecule has 1 aromatic heterocycles. The van der Waals surface area contributed by atoms with Crippen LogP contribution in [0.1, 0.15) is 92.2 Å². The summed E-state index contributed by atoms with van der Waals surface area (Å²) < 4.78 is 0. The first-order chi connectivity index (χ1) is 11.4. The van der Waals surface area contributed by atoms with Gasteiger partial charge in [-0.2, -0.15) is 0 Å². The Labute approximate surface area is 150 Å². The summed E-state index contributed by atoms with van der Waals surface area (Å²) in [4.78, 5) is 12.0. The van der Waals surface area contributed by atoms with Gasteiger partial charge in [0.1, 0.15) is 0 Å². The Bertz CT molecular complexity index is 443. The molecule has 0 unspecified atom stereocenters. The molecule has 1 rings (SSSR count). The highest BCUT2D eigenvalue weighted by molar-refractivity contribution is 5.32. The van der Waals surface area contributed by atoms with Crippen LogP contribution in [0.2, 0.25) is 0 Å². The molecule has 0 bridgehead atoms. The molecule has 0 saturated heterocycles. The van der Waals surface area contributed by atoms with Gasteiger partial charge in [-0.1, -0.05) is 67.2 Å². The van der Waals surface area contributed by atoms with Crippen LogP contribution in [-0.2, 0) is 6.42 Å². The van der Waals surface area contributed by atoms with Crippen LogP contribution in [0.15, 0.2) is 12.3 Å². The number of aromatic nitrogens is 2. The summed E-state index contributed by atoms with van der Waals surface area (Å²) in [5, 5.41) is 0. The van der Waals surface area contributed by atoms with Gasteiger partial charge in [0.15, 0.2) is 0 Å². The first-order valence-electron chi connectivity index (χ1n) is 9.99. The Balaban J connectivity index is 3.02. The van der Waals surface area contributed by atoms with E-state index in [1.165, 1.54) is 44.9 Å². The summed E-state index contributed by atoms with van der Waals surface area (Å²) in [6.07, 6.45) is 11.7. The van der Waals surface area contributed by atoms with Crippen LogP contribution in [-0.4, -0.2) is 22.6 Å². The third-order valence-corrected chi connectivity index (χ3v) is 4.64. The third-order valence-electron chi connectivity index (χ3n) is 4.64. The lowest BCUT2D eigenvalue weighted by molar-refractivity contribution is 0.361. The summed E-state index contributed by atoms with van der Waals surface area (Å²) in [5.41, 5.74) is 1.48. The van der Waals surface area contributed by atoms with E-state index in [4.69, 9.17) is 4.98 Å². The summed E-state index contributed by atoms with van der Waals surface area (Å²) in [5.74, 6) is 0.941. The van der Waals surface area contributed by atoms with Crippen molar-refractivity contribution >= 4 is 5.95 Å². The Morgan fingerprint density at radius 2 is 1.67 bits per heavy atom. The van der Waals surface area contributed by atoms with Gasteiger partial charge in [-0.3, -0.25) is 0 Å². The molecule has 1 heterocycles. The monoisotopic (exact) mass is 333 g/mol. The number of unbranched alkanes of at least 4 members (excludes halogenated alkanes) is 2. The minimum atomic E-state index is 0.334. The maximum absolute atomic E-state index is 4.84. The Morgan fingerprint density at radius 3 is 2.17 bits per heavy atom. The normalized spacial score (nSPS) is 12.0. The second kappa shape index (κ2) is 10.7. The van der Waals surface area contributed by atoms with E-state index in [0.29, 0.717) is 11.5 Å². The molecule has 0 fully saturated rings. The molecule has 24 heavy (non-hydrogen) atoms. The molecule has 3 nitrogen and oxygen atoms in total. The lowest BCUT2D eigenvalue weighted by Gasteiger charge is -2.34. The van der Waals surface area contributed by atoms with Crippen molar-refractivity contribution in [2.24, 2.45) is 5.41 Å². The average Bonchev–Trinajstić information content (AvgIpc) is 2.55. The minimum absolute atomic E-state index is 0.334. The molecule has 0 atom stereocenters. The highest BCUT2D eigenvalue weighted by Gasteiger charge is 2.23. The molecule has 0 saturated carbocycles. The van der Waals surface area contributed by atoms with Gasteiger partial charge in [0, 0.05) is 24.5 Å². The zero-order chi connectivity index (χ0) is 18.0. The van der Waals surface area contributed by atoms with E-state index in [1.54, 1.807) is 0 Å². The number of aryl methyl sites for hydroxylation is 1. The van der Waals surface area contributed by atoms with Gasteiger partial charge in [0.25, 0.3) is 0 Å². The fourth-order valence-corrected chi connectivity index (χ4v) is 2.96. The minimum Gasteiger partial charge on any atom is -0.338 e. The van der Waals surface area contributed by atoms with Gasteiger partial charge in [-0.05, 0) is 37.2 Å². The van der Waals surface area contributed by atoms with Crippen molar-refractivity contribution in [3.63, 3.8) is 0 Å². The Hall–Kier alpha value is -1.12. The first kappa shape index (κ1) is 20.9. The van der Waals surface area contributed by atoms with Crippen molar-refractivity contribution in [3.8, 4) is 0 Å². The SMILES string of the molecule is CCCCC(CCCC)N(CCC(C)(C)C)c1nccc(CC)n1. The van der Waals surface area contributed by atoms with Gasteiger partial charge < -0.3 is 4.90 Å². The fraction of sp³-hybridized carbons (Fsp3) is 0.810. The molecule has 0 N–H and O–H groups in total. The standard InChI is InChI=1S/C21H39N3/c1-7-10-12-19(13-11-8-2)24(17-15-21(4,5)6)20-22-16-14-18(9-3)23-20/h14,16,19H,7-13,15,17H2,1-6H3. The molecule has 0 aliphatic rings. The molecule has 0 radical (unpaired) electrons. The summed E-state index contributed by atoms with van der Waals surface area (Å²) in [6.45, 7) is 14.7. The van der Waals surface area contributed by atoms with E-state index in [9.17, 15) is 0 Å². The second-order valence-electron chi connectivity index (χ2n) is 8.14. The zero-order valence-electron chi connectivity index (χ0n) is 16.9. The molecule has 0 amide bonds. The van der Waals surface area contributed by atoms with Crippen molar-refractivity contribution in [1.82, 2.24) is 9.97 Å². The van der Waals surface area contributed by atoms with E-state index in [-0.39, 0.29) is 0 Å². The van der Waals surface area contributed by atoms with Gasteiger partial charge in [0.05, 0.1) is 0 Å². The Morgan fingerprint density at radius 1 is 1.04 bits per heavy atom. The van der Waals surface area contributed by atoms with Crippen molar-refractivity contribution in [1.29, 1.82) is 0 Å². The highest BCUT2D eigenvalue weighted by Crippen LogP contribution is 2.25. The van der Waals surface area contributed by atoms with E-state index >= 15 is 0 Å². The topological polar surface area (TPSA) is 29.0 Å². The average molecular weight is 334 g/mol. The van der Waals surface area contributed by atoms with Crippen LogP contribution in [0.3, 0.4) is 0 Å². The van der Waals surface area contributed by atoms with Gasteiger partial charge in [-0.25, -0.2) is 9.97 Å². The highest BCUT2D eigenvalue weighted by atomic mass is 15.3. The summed E-state index contributed by atoms with van der Waals surface area (Å²) in [7, 11) is 0. The molecule has 0 aliphatic carbocycles. The molecule has 138 valence electrons. The second-order valence-corrected chi connectivity index (χ2v) is 8.14. The predicted octanol–water partition coefficient (Wildman–Crippen LogP) is 6.03. The maximum Gasteiger partial charge on any atom is 0.225 e. The van der Waals surface area contributed by atoms with E-state index < -0.39 is 0 Å². The predicted molar refractivity (Wildman–Crippen MR) is 106 cm³/mol. The summed E-state index contributed by atoms with van der Waals surface area (Å²) >= 11 is 0. The lowest BCUT2D eigenvalue weighted by atomic mass is 9.91. The van der Waals surface area contributed by atoms with E-state index in [0.717, 1.165) is 24.6 Å². The van der Waals surface area contributed by atoms with Gasteiger partial charge in [0.2, 0.25) is 5.95 Å². The van der Waals surface area contributed by atoms with Gasteiger partial charge in [-0.15, -0.1) is 0 Å². The van der Waals surface area contributed by atoms with Crippen LogP contribution in [0.5, 0.6) is 0 Å². The lowest BCUT2D eigenvalue weighted by Crippen LogP contribution is -2.39. The third kappa shape index (κ3) is 7.63. The molecule has 1 aromatic rings. The zero-order valence-corrected chi connectivity index (χ0v) is 16.9. The summed E-state index contributed by atoms with van der Waals surface area (Å²) in [6, 6.07) is 2.61. The van der Waals surface area contributed by atoms with Crippen molar-refractivity contribution < 1.29 is 0 Å². The molecule has 0 spiro atoms. The number of hydrogen-bond donors (Lipinski definition) is 0. The quantitative estimate of drug-likeness (QED) is 0.495. The van der Waals surface area contributed by atoms with Crippen LogP contribution < -0.4 is 4.90 Å². The molecular weight excluding hydrogens is 294 g/mol. The van der Waals surface area contributed by atoms with Crippen molar-refractivity contribution in [2.45, 2.75) is 99.0 Å². The number of anilines is 1. The van der Waals surface area contributed by atoms with Crippen molar-refractivity contribution in [3.05, 3.63) is 18.0 Å². The number of rotatable bonds is 11. The van der Waals surface area contributed by atoms with Crippen molar-refractivity contribution in [2.75, 3.05) is 11.4 Å².